The first-order valence-corrected chi connectivity index (χ1v) is 8.79. The Bertz CT molecular complexity index is 384. The van der Waals surface area contributed by atoms with Crippen molar-refractivity contribution in [2.75, 3.05) is 26.2 Å². The third-order valence-electron chi connectivity index (χ3n) is 5.06. The van der Waals surface area contributed by atoms with Crippen molar-refractivity contribution in [1.29, 1.82) is 0 Å². The van der Waals surface area contributed by atoms with E-state index in [1.807, 2.05) is 0 Å². The molecule has 0 aliphatic carbocycles. The first-order valence-electron chi connectivity index (χ1n) is 8.79. The first kappa shape index (κ1) is 16.5. The first-order chi connectivity index (χ1) is 10.3. The predicted octanol–water partition coefficient (Wildman–Crippen LogP) is 3.86. The van der Waals surface area contributed by atoms with E-state index in [2.05, 4.69) is 54.4 Å². The molecule has 0 spiro atoms. The summed E-state index contributed by atoms with van der Waals surface area (Å²) in [5, 5.41) is 3.80. The maximum atomic E-state index is 3.80. The van der Waals surface area contributed by atoms with Crippen LogP contribution in [-0.2, 0) is 6.42 Å². The molecule has 2 rings (SSSR count). The molecule has 2 heteroatoms. The van der Waals surface area contributed by atoms with Gasteiger partial charge in [-0.25, -0.2) is 0 Å². The molecule has 118 valence electrons. The van der Waals surface area contributed by atoms with Crippen LogP contribution >= 0.6 is 0 Å². The van der Waals surface area contributed by atoms with Gasteiger partial charge in [-0.15, -0.1) is 0 Å². The molecule has 1 aromatic rings. The van der Waals surface area contributed by atoms with Crippen LogP contribution in [0.2, 0.25) is 0 Å². The lowest BCUT2D eigenvalue weighted by molar-refractivity contribution is 0.194. The Labute approximate surface area is 130 Å². The molecule has 2 nitrogen and oxygen atoms in total. The van der Waals surface area contributed by atoms with E-state index in [4.69, 9.17) is 0 Å². The van der Waals surface area contributed by atoms with Gasteiger partial charge in [0.2, 0.25) is 0 Å². The van der Waals surface area contributed by atoms with Crippen molar-refractivity contribution in [3.05, 3.63) is 35.9 Å². The molecule has 1 aliphatic rings. The zero-order chi connectivity index (χ0) is 15.0. The lowest BCUT2D eigenvalue weighted by atomic mass is 9.92. The molecule has 0 bridgehead atoms. The van der Waals surface area contributed by atoms with Crippen molar-refractivity contribution >= 4 is 0 Å². The zero-order valence-corrected chi connectivity index (χ0v) is 13.9. The Morgan fingerprint density at radius 3 is 2.57 bits per heavy atom. The molecule has 0 radical (unpaired) electrons. The maximum Gasteiger partial charge on any atom is 0.0303 e. The third-order valence-corrected chi connectivity index (χ3v) is 5.06. The molecular formula is C19H32N2. The van der Waals surface area contributed by atoms with Crippen LogP contribution in [0.3, 0.4) is 0 Å². The fraction of sp³-hybridized carbons (Fsp3) is 0.684. The van der Waals surface area contributed by atoms with Gasteiger partial charge in [-0.1, -0.05) is 44.2 Å². The van der Waals surface area contributed by atoms with E-state index in [1.54, 1.807) is 0 Å². The van der Waals surface area contributed by atoms with E-state index >= 15 is 0 Å². The number of nitrogens with zero attached hydrogens (tertiary/aromatic N) is 1. The summed E-state index contributed by atoms with van der Waals surface area (Å²) in [5.74, 6) is 0. The molecule has 1 fully saturated rings. The second kappa shape index (κ2) is 8.55. The van der Waals surface area contributed by atoms with Crippen LogP contribution in [-0.4, -0.2) is 36.6 Å². The van der Waals surface area contributed by atoms with Gasteiger partial charge in [-0.05, 0) is 63.7 Å². The van der Waals surface area contributed by atoms with Crippen LogP contribution in [0.4, 0.5) is 0 Å². The summed E-state index contributed by atoms with van der Waals surface area (Å²) in [7, 11) is 0. The lowest BCUT2D eigenvalue weighted by Gasteiger charge is -2.35. The van der Waals surface area contributed by atoms with E-state index in [1.165, 1.54) is 70.3 Å². The number of rotatable bonds is 7. The monoisotopic (exact) mass is 288 g/mol. The average molecular weight is 288 g/mol. The number of hydrogen-bond donors (Lipinski definition) is 1. The topological polar surface area (TPSA) is 15.3 Å². The quantitative estimate of drug-likeness (QED) is 0.766. The van der Waals surface area contributed by atoms with E-state index in [0.29, 0.717) is 5.54 Å². The zero-order valence-electron chi connectivity index (χ0n) is 13.9. The molecule has 1 heterocycles. The Morgan fingerprint density at radius 1 is 1.10 bits per heavy atom. The van der Waals surface area contributed by atoms with Crippen LogP contribution < -0.4 is 5.32 Å². The molecule has 1 N–H and O–H groups in total. The summed E-state index contributed by atoms with van der Waals surface area (Å²) in [6.45, 7) is 9.59. The minimum absolute atomic E-state index is 0.357. The van der Waals surface area contributed by atoms with Crippen LogP contribution in [0.5, 0.6) is 0 Å². The van der Waals surface area contributed by atoms with Crippen molar-refractivity contribution < 1.29 is 0 Å². The van der Waals surface area contributed by atoms with Crippen molar-refractivity contribution in [3.8, 4) is 0 Å². The Hall–Kier alpha value is -0.860. The minimum atomic E-state index is 0.357. The highest BCUT2D eigenvalue weighted by molar-refractivity contribution is 5.14. The van der Waals surface area contributed by atoms with Crippen molar-refractivity contribution in [2.45, 2.75) is 57.9 Å². The molecular weight excluding hydrogens is 256 g/mol. The number of benzene rings is 1. The number of unbranched alkanes of at least 4 members (excludes halogenated alkanes) is 1. The number of aryl methyl sites for hydroxylation is 1. The van der Waals surface area contributed by atoms with Gasteiger partial charge < -0.3 is 10.2 Å². The highest BCUT2D eigenvalue weighted by Gasteiger charge is 2.29. The Kier molecular flexibility index (Phi) is 6.72. The largest absolute Gasteiger partial charge is 0.310 e. The summed E-state index contributed by atoms with van der Waals surface area (Å²) < 4.78 is 0. The summed E-state index contributed by atoms with van der Waals surface area (Å²) in [5.41, 5.74) is 1.84. The van der Waals surface area contributed by atoms with Crippen LogP contribution in [0, 0.1) is 0 Å². The summed E-state index contributed by atoms with van der Waals surface area (Å²) in [4.78, 5) is 2.69. The van der Waals surface area contributed by atoms with Gasteiger partial charge in [-0.3, -0.25) is 0 Å². The summed E-state index contributed by atoms with van der Waals surface area (Å²) in [6.07, 6.45) is 7.62. The average Bonchev–Trinajstić information content (AvgIpc) is 2.75. The minimum Gasteiger partial charge on any atom is -0.310 e. The molecule has 0 atom stereocenters. The second-order valence-electron chi connectivity index (χ2n) is 6.49. The number of nitrogens with one attached hydrogen (secondary N) is 1. The van der Waals surface area contributed by atoms with Crippen molar-refractivity contribution in [2.24, 2.45) is 0 Å². The summed E-state index contributed by atoms with van der Waals surface area (Å²) >= 11 is 0. The van der Waals surface area contributed by atoms with E-state index < -0.39 is 0 Å². The van der Waals surface area contributed by atoms with Crippen LogP contribution in [0.1, 0.15) is 51.5 Å². The molecule has 1 aliphatic heterocycles. The van der Waals surface area contributed by atoms with Crippen LogP contribution in [0.25, 0.3) is 0 Å². The highest BCUT2D eigenvalue weighted by atomic mass is 15.2. The SMILES string of the molecule is CCC1(CC)CN(CCCCc2ccccc2)CCCN1. The normalized spacial score (nSPS) is 19.3. The molecule has 0 aromatic heterocycles. The standard InChI is InChI=1S/C19H32N2/c1-3-19(4-2)17-21(16-10-14-20-19)15-9-8-13-18-11-6-5-7-12-18/h5-7,11-12,20H,3-4,8-10,13-17H2,1-2H3. The fourth-order valence-electron chi connectivity index (χ4n) is 3.44. The Balaban J connectivity index is 1.74. The van der Waals surface area contributed by atoms with Gasteiger partial charge in [0.05, 0.1) is 0 Å². The predicted molar refractivity (Wildman–Crippen MR) is 91.8 cm³/mol. The van der Waals surface area contributed by atoms with E-state index in [0.717, 1.165) is 0 Å². The fourth-order valence-corrected chi connectivity index (χ4v) is 3.44. The molecule has 0 unspecified atom stereocenters. The maximum absolute atomic E-state index is 3.80. The van der Waals surface area contributed by atoms with E-state index in [9.17, 15) is 0 Å². The lowest BCUT2D eigenvalue weighted by Crippen LogP contribution is -2.50. The third kappa shape index (κ3) is 5.12. The van der Waals surface area contributed by atoms with Gasteiger partial charge in [-0.2, -0.15) is 0 Å². The molecule has 1 saturated heterocycles. The molecule has 1 aromatic carbocycles. The summed E-state index contributed by atoms with van der Waals surface area (Å²) in [6, 6.07) is 10.9. The smallest absolute Gasteiger partial charge is 0.0303 e. The van der Waals surface area contributed by atoms with Gasteiger partial charge in [0.15, 0.2) is 0 Å². The van der Waals surface area contributed by atoms with Crippen molar-refractivity contribution in [3.63, 3.8) is 0 Å². The van der Waals surface area contributed by atoms with Gasteiger partial charge in [0.1, 0.15) is 0 Å². The van der Waals surface area contributed by atoms with Crippen LogP contribution in [0.15, 0.2) is 30.3 Å². The highest BCUT2D eigenvalue weighted by Crippen LogP contribution is 2.20. The van der Waals surface area contributed by atoms with Gasteiger partial charge >= 0.3 is 0 Å². The number of hydrogen-bond acceptors (Lipinski definition) is 2. The second-order valence-corrected chi connectivity index (χ2v) is 6.49. The van der Waals surface area contributed by atoms with Gasteiger partial charge in [0.25, 0.3) is 0 Å². The molecule has 21 heavy (non-hydrogen) atoms. The van der Waals surface area contributed by atoms with Gasteiger partial charge in [0, 0.05) is 12.1 Å². The van der Waals surface area contributed by atoms with E-state index in [-0.39, 0.29) is 0 Å². The van der Waals surface area contributed by atoms with Crippen molar-refractivity contribution in [1.82, 2.24) is 10.2 Å². The molecule has 0 saturated carbocycles. The molecule has 0 amide bonds. The Morgan fingerprint density at radius 2 is 1.86 bits per heavy atom.